The number of hydrogen-bond acceptors (Lipinski definition) is 3. The SMILES string of the molecule is Cc1cccc(CSCCC(C)(C)C(N)=NO)c1. The highest BCUT2D eigenvalue weighted by molar-refractivity contribution is 7.98. The second kappa shape index (κ2) is 6.69. The lowest BCUT2D eigenvalue weighted by molar-refractivity contribution is 0.307. The predicted molar refractivity (Wildman–Crippen MR) is 79.1 cm³/mol. The third-order valence-electron chi connectivity index (χ3n) is 3.02. The van der Waals surface area contributed by atoms with E-state index in [-0.39, 0.29) is 5.41 Å². The van der Waals surface area contributed by atoms with E-state index in [1.807, 2.05) is 25.6 Å². The van der Waals surface area contributed by atoms with E-state index in [0.29, 0.717) is 5.84 Å². The normalized spacial score (nSPS) is 12.7. The largest absolute Gasteiger partial charge is 0.409 e. The van der Waals surface area contributed by atoms with Crippen LogP contribution in [0.25, 0.3) is 0 Å². The lowest BCUT2D eigenvalue weighted by Gasteiger charge is -2.22. The van der Waals surface area contributed by atoms with Gasteiger partial charge < -0.3 is 10.9 Å². The molecular formula is C14H22N2OS. The molecule has 4 heteroatoms. The van der Waals surface area contributed by atoms with Crippen LogP contribution < -0.4 is 5.73 Å². The summed E-state index contributed by atoms with van der Waals surface area (Å²) in [6.07, 6.45) is 0.902. The number of rotatable bonds is 6. The van der Waals surface area contributed by atoms with E-state index in [4.69, 9.17) is 10.9 Å². The average molecular weight is 266 g/mol. The van der Waals surface area contributed by atoms with Gasteiger partial charge in [-0.1, -0.05) is 48.8 Å². The topological polar surface area (TPSA) is 58.6 Å². The third kappa shape index (κ3) is 4.61. The standard InChI is InChI=1S/C14H22N2OS/c1-11-5-4-6-12(9-11)10-18-8-7-14(2,3)13(15)16-17/h4-6,9,17H,7-8,10H2,1-3H3,(H2,15,16). The van der Waals surface area contributed by atoms with Crippen LogP contribution in [0.5, 0.6) is 0 Å². The highest BCUT2D eigenvalue weighted by atomic mass is 32.2. The van der Waals surface area contributed by atoms with Crippen molar-refractivity contribution in [2.45, 2.75) is 32.9 Å². The Balaban J connectivity index is 2.35. The molecule has 0 fully saturated rings. The zero-order valence-electron chi connectivity index (χ0n) is 11.3. The van der Waals surface area contributed by atoms with Crippen LogP contribution in [0, 0.1) is 12.3 Å². The van der Waals surface area contributed by atoms with Gasteiger partial charge in [-0.15, -0.1) is 0 Å². The van der Waals surface area contributed by atoms with Crippen molar-refractivity contribution in [1.82, 2.24) is 0 Å². The van der Waals surface area contributed by atoms with Gasteiger partial charge in [0.2, 0.25) is 0 Å². The maximum atomic E-state index is 8.69. The summed E-state index contributed by atoms with van der Waals surface area (Å²) in [6, 6.07) is 8.55. The summed E-state index contributed by atoms with van der Waals surface area (Å²) in [6.45, 7) is 6.10. The van der Waals surface area contributed by atoms with Gasteiger partial charge >= 0.3 is 0 Å². The molecule has 0 aromatic heterocycles. The van der Waals surface area contributed by atoms with Gasteiger partial charge in [-0.2, -0.15) is 11.8 Å². The Morgan fingerprint density at radius 2 is 2.17 bits per heavy atom. The van der Waals surface area contributed by atoms with Gasteiger partial charge in [0, 0.05) is 11.2 Å². The van der Waals surface area contributed by atoms with Crippen LogP contribution in [0.2, 0.25) is 0 Å². The lowest BCUT2D eigenvalue weighted by atomic mass is 9.89. The fraction of sp³-hybridized carbons (Fsp3) is 0.500. The summed E-state index contributed by atoms with van der Waals surface area (Å²) >= 11 is 1.88. The van der Waals surface area contributed by atoms with Gasteiger partial charge in [0.1, 0.15) is 5.84 Å². The number of thioether (sulfide) groups is 1. The Morgan fingerprint density at radius 1 is 1.44 bits per heavy atom. The van der Waals surface area contributed by atoms with Gasteiger partial charge in [0.05, 0.1) is 0 Å². The Hall–Kier alpha value is -1.16. The van der Waals surface area contributed by atoms with Crippen LogP contribution in [0.3, 0.4) is 0 Å². The Bertz CT molecular complexity index is 416. The highest BCUT2D eigenvalue weighted by Crippen LogP contribution is 2.24. The maximum absolute atomic E-state index is 8.69. The van der Waals surface area contributed by atoms with E-state index in [0.717, 1.165) is 17.9 Å². The van der Waals surface area contributed by atoms with E-state index in [1.165, 1.54) is 11.1 Å². The summed E-state index contributed by atoms with van der Waals surface area (Å²) in [5.41, 5.74) is 8.06. The molecule has 3 nitrogen and oxygen atoms in total. The molecule has 1 aromatic rings. The highest BCUT2D eigenvalue weighted by Gasteiger charge is 2.22. The van der Waals surface area contributed by atoms with Gasteiger partial charge in [-0.25, -0.2) is 0 Å². The zero-order chi connectivity index (χ0) is 13.6. The molecule has 0 aliphatic heterocycles. The number of oxime groups is 1. The first kappa shape index (κ1) is 14.9. The molecule has 0 saturated carbocycles. The van der Waals surface area contributed by atoms with Gasteiger partial charge in [0.15, 0.2) is 0 Å². The van der Waals surface area contributed by atoms with Crippen LogP contribution in [0.1, 0.15) is 31.4 Å². The van der Waals surface area contributed by atoms with Crippen LogP contribution in [-0.4, -0.2) is 16.8 Å². The molecule has 1 rings (SSSR count). The molecule has 1 aromatic carbocycles. The minimum Gasteiger partial charge on any atom is -0.409 e. The minimum absolute atomic E-state index is 0.242. The molecule has 0 aliphatic carbocycles. The summed E-state index contributed by atoms with van der Waals surface area (Å²) in [4.78, 5) is 0. The minimum atomic E-state index is -0.242. The van der Waals surface area contributed by atoms with Gasteiger partial charge in [-0.05, 0) is 24.7 Å². The number of amidine groups is 1. The number of nitrogens with zero attached hydrogens (tertiary/aromatic N) is 1. The zero-order valence-corrected chi connectivity index (χ0v) is 12.1. The number of benzene rings is 1. The summed E-state index contributed by atoms with van der Waals surface area (Å²) in [7, 11) is 0. The first-order valence-corrected chi connectivity index (χ1v) is 7.22. The molecule has 0 amide bonds. The van der Waals surface area contributed by atoms with Crippen LogP contribution in [0.4, 0.5) is 0 Å². The van der Waals surface area contributed by atoms with Crippen LogP contribution in [0.15, 0.2) is 29.4 Å². The smallest absolute Gasteiger partial charge is 0.144 e. The fourth-order valence-electron chi connectivity index (χ4n) is 1.58. The first-order valence-electron chi connectivity index (χ1n) is 6.07. The van der Waals surface area contributed by atoms with Crippen molar-refractivity contribution in [2.75, 3.05) is 5.75 Å². The molecule has 0 atom stereocenters. The third-order valence-corrected chi connectivity index (χ3v) is 4.05. The number of aryl methyl sites for hydroxylation is 1. The second-order valence-electron chi connectivity index (χ2n) is 5.16. The monoisotopic (exact) mass is 266 g/mol. The summed E-state index contributed by atoms with van der Waals surface area (Å²) in [5.74, 6) is 2.31. The van der Waals surface area contributed by atoms with Crippen LogP contribution in [-0.2, 0) is 5.75 Å². The summed E-state index contributed by atoms with van der Waals surface area (Å²) in [5, 5.41) is 11.8. The van der Waals surface area contributed by atoms with Crippen molar-refractivity contribution >= 4 is 17.6 Å². The Morgan fingerprint density at radius 3 is 2.78 bits per heavy atom. The lowest BCUT2D eigenvalue weighted by Crippen LogP contribution is -2.32. The van der Waals surface area contributed by atoms with Crippen molar-refractivity contribution in [3.05, 3.63) is 35.4 Å². The molecule has 0 heterocycles. The van der Waals surface area contributed by atoms with E-state index in [9.17, 15) is 0 Å². The maximum Gasteiger partial charge on any atom is 0.144 e. The van der Waals surface area contributed by atoms with E-state index < -0.39 is 0 Å². The number of nitrogens with two attached hydrogens (primary N) is 1. The van der Waals surface area contributed by atoms with E-state index in [1.54, 1.807) is 0 Å². The molecule has 0 radical (unpaired) electrons. The van der Waals surface area contributed by atoms with Crippen LogP contribution >= 0.6 is 11.8 Å². The predicted octanol–water partition coefficient (Wildman–Crippen LogP) is 3.39. The first-order chi connectivity index (χ1) is 8.45. The molecule has 0 spiro atoms. The van der Waals surface area contributed by atoms with Crippen molar-refractivity contribution in [3.8, 4) is 0 Å². The van der Waals surface area contributed by atoms with Gasteiger partial charge in [0.25, 0.3) is 0 Å². The summed E-state index contributed by atoms with van der Waals surface area (Å²) < 4.78 is 0. The van der Waals surface area contributed by atoms with E-state index >= 15 is 0 Å². The Kier molecular flexibility index (Phi) is 5.54. The molecule has 0 saturated heterocycles. The number of hydrogen-bond donors (Lipinski definition) is 2. The molecular weight excluding hydrogens is 244 g/mol. The molecule has 100 valence electrons. The van der Waals surface area contributed by atoms with Crippen molar-refractivity contribution in [1.29, 1.82) is 0 Å². The molecule has 0 aliphatic rings. The fourth-order valence-corrected chi connectivity index (χ4v) is 2.80. The average Bonchev–Trinajstić information content (AvgIpc) is 2.33. The van der Waals surface area contributed by atoms with Gasteiger partial charge in [-0.3, -0.25) is 0 Å². The molecule has 0 bridgehead atoms. The molecule has 0 unspecified atom stereocenters. The van der Waals surface area contributed by atoms with E-state index in [2.05, 4.69) is 36.3 Å². The second-order valence-corrected chi connectivity index (χ2v) is 6.27. The Labute approximate surface area is 113 Å². The molecule has 18 heavy (non-hydrogen) atoms. The van der Waals surface area contributed by atoms with Crippen molar-refractivity contribution in [3.63, 3.8) is 0 Å². The van der Waals surface area contributed by atoms with Crippen molar-refractivity contribution in [2.24, 2.45) is 16.3 Å². The van der Waals surface area contributed by atoms with Crippen molar-refractivity contribution < 1.29 is 5.21 Å². The quantitative estimate of drug-likeness (QED) is 0.273. The molecule has 3 N–H and O–H groups in total.